The summed E-state index contributed by atoms with van der Waals surface area (Å²) in [6.07, 6.45) is 0. The van der Waals surface area contributed by atoms with Crippen molar-refractivity contribution in [3.63, 3.8) is 0 Å². The second-order valence-electron chi connectivity index (χ2n) is 6.03. The van der Waals surface area contributed by atoms with E-state index in [0.29, 0.717) is 30.7 Å². The zero-order valence-corrected chi connectivity index (χ0v) is 12.9. The summed E-state index contributed by atoms with van der Waals surface area (Å²) in [5, 5.41) is 2.90. The van der Waals surface area contributed by atoms with Crippen LogP contribution in [-0.2, 0) is 15.2 Å². The molecule has 1 aliphatic heterocycles. The lowest BCUT2D eigenvalue weighted by molar-refractivity contribution is -0.138. The summed E-state index contributed by atoms with van der Waals surface area (Å²) >= 11 is 0. The third-order valence-electron chi connectivity index (χ3n) is 3.02. The molecule has 1 saturated heterocycles. The molecule has 0 unspecified atom stereocenters. The highest BCUT2D eigenvalue weighted by Crippen LogP contribution is 2.29. The van der Waals surface area contributed by atoms with Crippen molar-refractivity contribution < 1.29 is 18.7 Å². The van der Waals surface area contributed by atoms with E-state index in [4.69, 9.17) is 0 Å². The molecule has 1 aliphatic rings. The van der Waals surface area contributed by atoms with Gasteiger partial charge in [0.15, 0.2) is 11.5 Å². The van der Waals surface area contributed by atoms with E-state index >= 15 is 0 Å². The number of carbonyl (C=O) groups excluding carboxylic acids is 2. The Hall–Kier alpha value is -1.75. The Bertz CT molecular complexity index is 487. The Labute approximate surface area is 124 Å². The smallest absolute Gasteiger partial charge is 0.293 e. The Kier molecular flexibility index (Phi) is 5.61. The number of nitrogens with one attached hydrogen (secondary N) is 1. The van der Waals surface area contributed by atoms with Crippen molar-refractivity contribution in [2.75, 3.05) is 13.1 Å². The molecule has 5 heteroatoms. The Morgan fingerprint density at radius 3 is 2.05 bits per heavy atom. The van der Waals surface area contributed by atoms with Crippen LogP contribution >= 0.6 is 0 Å². The van der Waals surface area contributed by atoms with Gasteiger partial charge in [-0.25, -0.2) is 4.39 Å². The molecule has 1 fully saturated rings. The summed E-state index contributed by atoms with van der Waals surface area (Å²) in [5.41, 5.74) is -0.261. The summed E-state index contributed by atoms with van der Waals surface area (Å²) in [6, 6.07) is 6.74. The zero-order chi connectivity index (χ0) is 16.1. The van der Waals surface area contributed by atoms with Crippen molar-refractivity contribution in [2.45, 2.75) is 39.0 Å². The number of rotatable bonds is 3. The van der Waals surface area contributed by atoms with Gasteiger partial charge in [-0.05, 0) is 33.3 Å². The average molecular weight is 295 g/mol. The molecule has 0 atom stereocenters. The molecular weight excluding hydrogens is 273 g/mol. The van der Waals surface area contributed by atoms with Crippen molar-refractivity contribution in [1.29, 1.82) is 0 Å². The van der Waals surface area contributed by atoms with Gasteiger partial charge in [-0.3, -0.25) is 9.59 Å². The molecule has 1 heterocycles. The molecule has 0 radical (unpaired) electrons. The van der Waals surface area contributed by atoms with Crippen LogP contribution < -0.4 is 5.32 Å². The van der Waals surface area contributed by atoms with Gasteiger partial charge in [0, 0.05) is 18.7 Å². The van der Waals surface area contributed by atoms with E-state index in [-0.39, 0.29) is 11.4 Å². The summed E-state index contributed by atoms with van der Waals surface area (Å²) in [7, 11) is 0. The van der Waals surface area contributed by atoms with Crippen LogP contribution in [-0.4, -0.2) is 30.9 Å². The summed E-state index contributed by atoms with van der Waals surface area (Å²) in [6.45, 7) is 8.16. The molecule has 0 saturated carbocycles. The fourth-order valence-corrected chi connectivity index (χ4v) is 1.70. The van der Waals surface area contributed by atoms with Crippen LogP contribution in [0.25, 0.3) is 0 Å². The van der Waals surface area contributed by atoms with E-state index in [9.17, 15) is 14.0 Å². The molecular formula is C16H22FNO3. The number of halogens is 1. The maximum atomic E-state index is 13.8. The molecule has 2 rings (SSSR count). The highest BCUT2D eigenvalue weighted by atomic mass is 19.1. The first kappa shape index (κ1) is 17.3. The molecule has 21 heavy (non-hydrogen) atoms. The molecule has 0 aromatic heterocycles. The zero-order valence-electron chi connectivity index (χ0n) is 12.9. The van der Waals surface area contributed by atoms with E-state index < -0.39 is 5.67 Å². The summed E-state index contributed by atoms with van der Waals surface area (Å²) in [4.78, 5) is 20.6. The average Bonchev–Trinajstić information content (AvgIpc) is 2.35. The molecule has 4 nitrogen and oxygen atoms in total. The Morgan fingerprint density at radius 2 is 1.81 bits per heavy atom. The minimum Gasteiger partial charge on any atom is -0.462 e. The number of alkyl halides is 1. The summed E-state index contributed by atoms with van der Waals surface area (Å²) < 4.78 is 18.4. The minimum atomic E-state index is -1.23. The second kappa shape index (κ2) is 6.80. The predicted octanol–water partition coefficient (Wildman–Crippen LogP) is 2.62. The normalized spacial score (nSPS) is 16.0. The summed E-state index contributed by atoms with van der Waals surface area (Å²) in [5.74, 6) is 0.0104. The molecule has 0 bridgehead atoms. The van der Waals surface area contributed by atoms with Gasteiger partial charge in [0.25, 0.3) is 6.47 Å². The van der Waals surface area contributed by atoms with Gasteiger partial charge in [0.1, 0.15) is 5.60 Å². The minimum absolute atomic E-state index is 0.0104. The molecule has 1 aromatic carbocycles. The first-order valence-corrected chi connectivity index (χ1v) is 6.80. The van der Waals surface area contributed by atoms with Crippen LogP contribution in [0.2, 0.25) is 0 Å². The second-order valence-corrected chi connectivity index (χ2v) is 6.03. The number of ketones is 1. The molecule has 0 spiro atoms. The van der Waals surface area contributed by atoms with Crippen molar-refractivity contribution in [1.82, 2.24) is 5.32 Å². The van der Waals surface area contributed by atoms with E-state index in [1.807, 2.05) is 20.8 Å². The molecule has 116 valence electrons. The molecule has 0 amide bonds. The lowest BCUT2D eigenvalue weighted by Gasteiger charge is -2.35. The quantitative estimate of drug-likeness (QED) is 0.688. The number of hydrogen-bond donors (Lipinski definition) is 1. The van der Waals surface area contributed by atoms with Gasteiger partial charge in [0.05, 0.1) is 0 Å². The van der Waals surface area contributed by atoms with E-state index in [0.717, 1.165) is 0 Å². The fraction of sp³-hybridized carbons (Fsp3) is 0.500. The van der Waals surface area contributed by atoms with Crippen LogP contribution in [0.4, 0.5) is 4.39 Å². The Balaban J connectivity index is 0.000000270. The van der Waals surface area contributed by atoms with Crippen molar-refractivity contribution in [3.8, 4) is 0 Å². The van der Waals surface area contributed by atoms with E-state index in [2.05, 4.69) is 10.1 Å². The number of benzene rings is 1. The first-order valence-electron chi connectivity index (χ1n) is 6.80. The highest BCUT2D eigenvalue weighted by Gasteiger charge is 2.38. The SMILES string of the molecule is CC(=O)c1ccc(C2(F)CNC2)cc1.CC(C)(C)OC=O. The predicted molar refractivity (Wildman–Crippen MR) is 79.0 cm³/mol. The van der Waals surface area contributed by atoms with Gasteiger partial charge < -0.3 is 10.1 Å². The third kappa shape index (κ3) is 5.27. The van der Waals surface area contributed by atoms with E-state index in [1.165, 1.54) is 6.92 Å². The lowest BCUT2D eigenvalue weighted by Crippen LogP contribution is -2.53. The largest absolute Gasteiger partial charge is 0.462 e. The van der Waals surface area contributed by atoms with Crippen LogP contribution in [0, 0.1) is 0 Å². The van der Waals surface area contributed by atoms with Crippen molar-refractivity contribution >= 4 is 12.3 Å². The number of Topliss-reactive ketones (excluding diaryl/α,β-unsaturated/α-hetero) is 1. The molecule has 0 aliphatic carbocycles. The monoisotopic (exact) mass is 295 g/mol. The van der Waals surface area contributed by atoms with Crippen LogP contribution in [0.3, 0.4) is 0 Å². The fourth-order valence-electron chi connectivity index (χ4n) is 1.70. The number of ether oxygens (including phenoxy) is 1. The van der Waals surface area contributed by atoms with Crippen LogP contribution in [0.5, 0.6) is 0 Å². The molecule has 1 N–H and O–H groups in total. The maximum absolute atomic E-state index is 13.8. The molecule has 1 aromatic rings. The van der Waals surface area contributed by atoms with Gasteiger partial charge >= 0.3 is 0 Å². The van der Waals surface area contributed by atoms with Crippen LogP contribution in [0.1, 0.15) is 43.6 Å². The van der Waals surface area contributed by atoms with Gasteiger partial charge in [-0.2, -0.15) is 0 Å². The van der Waals surface area contributed by atoms with Crippen LogP contribution in [0.15, 0.2) is 24.3 Å². The standard InChI is InChI=1S/C11H12FNO.C5H10O2/c1-8(14)9-2-4-10(5-3-9)11(12)6-13-7-11;1-5(2,3)7-4-6/h2-5,13H,6-7H2,1H3;4H,1-3H3. The third-order valence-corrected chi connectivity index (χ3v) is 3.02. The number of hydrogen-bond acceptors (Lipinski definition) is 4. The number of carbonyl (C=O) groups is 2. The Morgan fingerprint density at radius 1 is 1.29 bits per heavy atom. The van der Waals surface area contributed by atoms with Gasteiger partial charge in [0.2, 0.25) is 0 Å². The highest BCUT2D eigenvalue weighted by molar-refractivity contribution is 5.94. The maximum Gasteiger partial charge on any atom is 0.293 e. The van der Waals surface area contributed by atoms with E-state index in [1.54, 1.807) is 24.3 Å². The van der Waals surface area contributed by atoms with Gasteiger partial charge in [-0.1, -0.05) is 24.3 Å². The first-order chi connectivity index (χ1) is 9.68. The van der Waals surface area contributed by atoms with Gasteiger partial charge in [-0.15, -0.1) is 0 Å². The lowest BCUT2D eigenvalue weighted by atomic mass is 9.89. The topological polar surface area (TPSA) is 55.4 Å². The van der Waals surface area contributed by atoms with Crippen molar-refractivity contribution in [2.24, 2.45) is 0 Å². The van der Waals surface area contributed by atoms with Crippen molar-refractivity contribution in [3.05, 3.63) is 35.4 Å².